The van der Waals surface area contributed by atoms with Gasteiger partial charge in [0, 0.05) is 11.3 Å². The predicted octanol–water partition coefficient (Wildman–Crippen LogP) is 2.44. The summed E-state index contributed by atoms with van der Waals surface area (Å²) in [5.41, 5.74) is 8.91. The molecule has 0 aliphatic carbocycles. The average molecular weight is 264 g/mol. The summed E-state index contributed by atoms with van der Waals surface area (Å²) < 4.78 is 1.98. The largest absolute Gasteiger partial charge is 0.330 e. The Kier molecular flexibility index (Phi) is 3.56. The maximum absolute atomic E-state index is 5.57. The molecule has 1 aromatic heterocycles. The second-order valence-corrected chi connectivity index (χ2v) is 4.60. The summed E-state index contributed by atoms with van der Waals surface area (Å²) in [5.74, 6) is 0.843. The molecule has 2 N–H and O–H groups in total. The van der Waals surface area contributed by atoms with Crippen LogP contribution in [0.15, 0.2) is 60.9 Å². The zero-order chi connectivity index (χ0) is 13.8. The molecule has 3 aromatic rings. The number of para-hydroxylation sites is 1. The van der Waals surface area contributed by atoms with Gasteiger partial charge in [-0.2, -0.15) is 0 Å². The van der Waals surface area contributed by atoms with Crippen LogP contribution in [0.25, 0.3) is 17.1 Å². The predicted molar refractivity (Wildman–Crippen MR) is 79.6 cm³/mol. The van der Waals surface area contributed by atoms with E-state index in [1.165, 1.54) is 5.56 Å². The highest BCUT2D eigenvalue weighted by Crippen LogP contribution is 2.20. The third kappa shape index (κ3) is 2.46. The molecule has 0 bridgehead atoms. The first-order valence-electron chi connectivity index (χ1n) is 6.63. The fraction of sp³-hybridized carbons (Fsp3) is 0.125. The molecule has 0 saturated carbocycles. The quantitative estimate of drug-likeness (QED) is 0.787. The van der Waals surface area contributed by atoms with Gasteiger partial charge in [0.2, 0.25) is 0 Å². The van der Waals surface area contributed by atoms with E-state index < -0.39 is 0 Å². The Hall–Kier alpha value is -2.46. The van der Waals surface area contributed by atoms with Gasteiger partial charge in [-0.1, -0.05) is 42.5 Å². The summed E-state index contributed by atoms with van der Waals surface area (Å²) in [5, 5.41) is 8.25. The minimum absolute atomic E-state index is 0.666. The van der Waals surface area contributed by atoms with Crippen LogP contribution in [0.5, 0.6) is 0 Å². The summed E-state index contributed by atoms with van der Waals surface area (Å²) in [7, 11) is 0. The smallest absolute Gasteiger partial charge is 0.168 e. The van der Waals surface area contributed by atoms with Crippen molar-refractivity contribution >= 4 is 0 Å². The molecule has 3 rings (SSSR count). The van der Waals surface area contributed by atoms with Crippen molar-refractivity contribution in [2.45, 2.75) is 6.42 Å². The monoisotopic (exact) mass is 264 g/mol. The van der Waals surface area contributed by atoms with E-state index in [1.54, 1.807) is 6.33 Å². The molecule has 0 atom stereocenters. The first kappa shape index (κ1) is 12.6. The van der Waals surface area contributed by atoms with E-state index in [0.29, 0.717) is 6.54 Å². The van der Waals surface area contributed by atoms with E-state index in [-0.39, 0.29) is 0 Å². The van der Waals surface area contributed by atoms with Gasteiger partial charge in [-0.05, 0) is 30.7 Å². The highest BCUT2D eigenvalue weighted by molar-refractivity contribution is 5.58. The van der Waals surface area contributed by atoms with Crippen LogP contribution in [-0.2, 0) is 6.42 Å². The van der Waals surface area contributed by atoms with Crippen molar-refractivity contribution < 1.29 is 0 Å². The molecule has 100 valence electrons. The first-order valence-corrected chi connectivity index (χ1v) is 6.63. The lowest BCUT2D eigenvalue weighted by Gasteiger charge is -2.07. The van der Waals surface area contributed by atoms with Crippen LogP contribution in [0, 0.1) is 0 Å². The molecule has 0 amide bonds. The molecule has 0 fully saturated rings. The summed E-state index contributed by atoms with van der Waals surface area (Å²) >= 11 is 0. The summed E-state index contributed by atoms with van der Waals surface area (Å²) in [6.45, 7) is 0.666. The number of benzene rings is 2. The molecule has 0 unspecified atom stereocenters. The van der Waals surface area contributed by atoms with Gasteiger partial charge < -0.3 is 5.73 Å². The Morgan fingerprint density at radius 1 is 0.950 bits per heavy atom. The van der Waals surface area contributed by atoms with E-state index in [2.05, 4.69) is 34.5 Å². The van der Waals surface area contributed by atoms with Gasteiger partial charge >= 0.3 is 0 Å². The summed E-state index contributed by atoms with van der Waals surface area (Å²) in [6.07, 6.45) is 2.63. The Morgan fingerprint density at radius 2 is 1.70 bits per heavy atom. The fourth-order valence-corrected chi connectivity index (χ4v) is 2.20. The Morgan fingerprint density at radius 3 is 2.40 bits per heavy atom. The zero-order valence-corrected chi connectivity index (χ0v) is 11.1. The fourth-order valence-electron chi connectivity index (χ4n) is 2.20. The highest BCUT2D eigenvalue weighted by Gasteiger charge is 2.08. The van der Waals surface area contributed by atoms with Crippen LogP contribution in [0.3, 0.4) is 0 Å². The van der Waals surface area contributed by atoms with Crippen molar-refractivity contribution in [3.8, 4) is 17.1 Å². The highest BCUT2D eigenvalue weighted by atomic mass is 15.3. The van der Waals surface area contributed by atoms with Gasteiger partial charge in [0.25, 0.3) is 0 Å². The number of rotatable bonds is 4. The molecule has 0 spiro atoms. The minimum Gasteiger partial charge on any atom is -0.330 e. The Balaban J connectivity index is 1.97. The third-order valence-corrected chi connectivity index (χ3v) is 3.23. The van der Waals surface area contributed by atoms with Crippen molar-refractivity contribution in [2.24, 2.45) is 5.73 Å². The third-order valence-electron chi connectivity index (χ3n) is 3.23. The topological polar surface area (TPSA) is 56.7 Å². The van der Waals surface area contributed by atoms with Crippen LogP contribution in [0.2, 0.25) is 0 Å². The first-order chi connectivity index (χ1) is 9.88. The summed E-state index contributed by atoms with van der Waals surface area (Å²) in [6, 6.07) is 18.4. The lowest BCUT2D eigenvalue weighted by atomic mass is 10.1. The zero-order valence-electron chi connectivity index (χ0n) is 11.1. The molecule has 1 heterocycles. The van der Waals surface area contributed by atoms with E-state index in [1.807, 2.05) is 34.9 Å². The van der Waals surface area contributed by atoms with Gasteiger partial charge in [0.1, 0.15) is 6.33 Å². The molecular weight excluding hydrogens is 248 g/mol. The maximum atomic E-state index is 5.57. The van der Waals surface area contributed by atoms with Crippen LogP contribution < -0.4 is 5.73 Å². The molecule has 0 saturated heterocycles. The minimum atomic E-state index is 0.666. The van der Waals surface area contributed by atoms with Gasteiger partial charge in [-0.25, -0.2) is 0 Å². The SMILES string of the molecule is NCCc1ccc(-c2nncn2-c2ccccc2)cc1. The van der Waals surface area contributed by atoms with Crippen LogP contribution >= 0.6 is 0 Å². The lowest BCUT2D eigenvalue weighted by molar-refractivity contribution is 0.968. The van der Waals surface area contributed by atoms with Gasteiger partial charge in [0.05, 0.1) is 0 Å². The second kappa shape index (κ2) is 5.67. The van der Waals surface area contributed by atoms with Gasteiger partial charge in [-0.3, -0.25) is 4.57 Å². The van der Waals surface area contributed by atoms with Gasteiger partial charge in [0.15, 0.2) is 5.82 Å². The van der Waals surface area contributed by atoms with Crippen molar-refractivity contribution in [3.63, 3.8) is 0 Å². The van der Waals surface area contributed by atoms with Gasteiger partial charge in [-0.15, -0.1) is 10.2 Å². The van der Waals surface area contributed by atoms with E-state index in [9.17, 15) is 0 Å². The maximum Gasteiger partial charge on any atom is 0.168 e. The van der Waals surface area contributed by atoms with Crippen molar-refractivity contribution in [1.29, 1.82) is 0 Å². The second-order valence-electron chi connectivity index (χ2n) is 4.60. The van der Waals surface area contributed by atoms with Crippen LogP contribution in [0.1, 0.15) is 5.56 Å². The summed E-state index contributed by atoms with van der Waals surface area (Å²) in [4.78, 5) is 0. The van der Waals surface area contributed by atoms with E-state index in [0.717, 1.165) is 23.5 Å². The van der Waals surface area contributed by atoms with Crippen molar-refractivity contribution in [1.82, 2.24) is 14.8 Å². The molecule has 0 aliphatic rings. The lowest BCUT2D eigenvalue weighted by Crippen LogP contribution is -2.02. The molecule has 4 heteroatoms. The molecular formula is C16H16N4. The molecule has 0 aliphatic heterocycles. The number of aromatic nitrogens is 3. The molecule has 4 nitrogen and oxygen atoms in total. The normalized spacial score (nSPS) is 10.7. The molecule has 20 heavy (non-hydrogen) atoms. The number of hydrogen-bond acceptors (Lipinski definition) is 3. The van der Waals surface area contributed by atoms with E-state index in [4.69, 9.17) is 5.73 Å². The molecule has 0 radical (unpaired) electrons. The number of hydrogen-bond donors (Lipinski definition) is 1. The Labute approximate surface area is 117 Å². The number of nitrogens with zero attached hydrogens (tertiary/aromatic N) is 3. The Bertz CT molecular complexity index is 671. The van der Waals surface area contributed by atoms with Crippen molar-refractivity contribution in [3.05, 3.63) is 66.5 Å². The molecule has 2 aromatic carbocycles. The van der Waals surface area contributed by atoms with Crippen LogP contribution in [0.4, 0.5) is 0 Å². The van der Waals surface area contributed by atoms with Crippen LogP contribution in [-0.4, -0.2) is 21.3 Å². The van der Waals surface area contributed by atoms with E-state index >= 15 is 0 Å². The van der Waals surface area contributed by atoms with Crippen molar-refractivity contribution in [2.75, 3.05) is 6.54 Å². The standard InChI is InChI=1S/C16H16N4/c17-11-10-13-6-8-14(9-7-13)16-19-18-12-20(16)15-4-2-1-3-5-15/h1-9,12H,10-11,17H2. The number of nitrogens with two attached hydrogens (primary N) is 1. The average Bonchev–Trinajstić information content (AvgIpc) is 2.99.